The highest BCUT2D eigenvalue weighted by Gasteiger charge is 2.25. The van der Waals surface area contributed by atoms with Gasteiger partial charge in [0, 0.05) is 12.5 Å². The number of hydrogen-bond donors (Lipinski definition) is 1. The molecule has 0 fully saturated rings. The van der Waals surface area contributed by atoms with E-state index < -0.39 is 12.1 Å². The van der Waals surface area contributed by atoms with Crippen molar-refractivity contribution in [2.45, 2.75) is 25.4 Å². The number of rotatable bonds is 5. The highest BCUT2D eigenvalue weighted by atomic mass is 16.5. The van der Waals surface area contributed by atoms with E-state index in [1.54, 1.807) is 6.07 Å². The van der Waals surface area contributed by atoms with Crippen LogP contribution in [0, 0.1) is 0 Å². The minimum Gasteiger partial charge on any atom is -0.493 e. The van der Waals surface area contributed by atoms with Crippen LogP contribution in [0.1, 0.15) is 17.5 Å². The molecule has 0 radical (unpaired) electrons. The second kappa shape index (κ2) is 6.52. The molecule has 0 saturated heterocycles. The zero-order valence-corrected chi connectivity index (χ0v) is 12.2. The molecule has 3 rings (SSSR count). The van der Waals surface area contributed by atoms with Crippen LogP contribution in [0.4, 0.5) is 0 Å². The Morgan fingerprint density at radius 3 is 2.82 bits per heavy atom. The van der Waals surface area contributed by atoms with Crippen molar-refractivity contribution in [1.29, 1.82) is 0 Å². The Balaban J connectivity index is 1.61. The molecule has 0 amide bonds. The van der Waals surface area contributed by atoms with Gasteiger partial charge in [-0.15, -0.1) is 0 Å². The van der Waals surface area contributed by atoms with Crippen LogP contribution in [0.2, 0.25) is 0 Å². The molecule has 1 unspecified atom stereocenters. The van der Waals surface area contributed by atoms with Gasteiger partial charge in [0.05, 0.1) is 6.61 Å². The van der Waals surface area contributed by atoms with Gasteiger partial charge in [0.15, 0.2) is 6.10 Å². The Kier molecular flexibility index (Phi) is 4.28. The number of fused-ring (bicyclic) bond motifs is 1. The summed E-state index contributed by atoms with van der Waals surface area (Å²) in [6, 6.07) is 15.8. The summed E-state index contributed by atoms with van der Waals surface area (Å²) in [7, 11) is 0. The van der Waals surface area contributed by atoms with Crippen molar-refractivity contribution in [3.05, 3.63) is 59.7 Å². The Hall–Kier alpha value is -2.49. The highest BCUT2D eigenvalue weighted by Crippen LogP contribution is 2.31. The number of carboxylic acids is 1. The lowest BCUT2D eigenvalue weighted by Gasteiger charge is -2.23. The summed E-state index contributed by atoms with van der Waals surface area (Å²) < 4.78 is 11.3. The molecule has 0 aliphatic carbocycles. The molecule has 1 atom stereocenters. The summed E-state index contributed by atoms with van der Waals surface area (Å²) in [4.78, 5) is 11.0. The third kappa shape index (κ3) is 3.39. The number of aryl methyl sites for hydroxylation is 1. The normalized spacial score (nSPS) is 16.5. The maximum Gasteiger partial charge on any atom is 0.344 e. The van der Waals surface area contributed by atoms with E-state index in [-0.39, 0.29) is 0 Å². The lowest BCUT2D eigenvalue weighted by Crippen LogP contribution is -2.30. The Morgan fingerprint density at radius 1 is 1.23 bits per heavy atom. The third-order valence-corrected chi connectivity index (χ3v) is 3.76. The summed E-state index contributed by atoms with van der Waals surface area (Å²) in [6.45, 7) is 0.575. The molecular formula is C18H18O4. The fraction of sp³-hybridized carbons (Fsp3) is 0.278. The SMILES string of the molecule is O=C(O)C1CCc2ccc(OCCc3ccccc3)cc2O1. The van der Waals surface area contributed by atoms with Crippen LogP contribution in [0.15, 0.2) is 48.5 Å². The average Bonchev–Trinajstić information content (AvgIpc) is 2.55. The second-order valence-corrected chi connectivity index (χ2v) is 5.34. The number of carbonyl (C=O) groups is 1. The van der Waals surface area contributed by atoms with Gasteiger partial charge in [0.1, 0.15) is 11.5 Å². The third-order valence-electron chi connectivity index (χ3n) is 3.76. The van der Waals surface area contributed by atoms with E-state index in [1.807, 2.05) is 30.3 Å². The van der Waals surface area contributed by atoms with Crippen molar-refractivity contribution in [2.24, 2.45) is 0 Å². The maximum absolute atomic E-state index is 11.0. The summed E-state index contributed by atoms with van der Waals surface area (Å²) in [6.07, 6.45) is 1.30. The minimum atomic E-state index is -0.916. The van der Waals surface area contributed by atoms with Gasteiger partial charge >= 0.3 is 5.97 Å². The zero-order valence-electron chi connectivity index (χ0n) is 12.2. The standard InChI is InChI=1S/C18H18O4/c19-18(20)16-9-7-14-6-8-15(12-17(14)22-16)21-11-10-13-4-2-1-3-5-13/h1-6,8,12,16H,7,9-11H2,(H,19,20). The number of benzene rings is 2. The topological polar surface area (TPSA) is 55.8 Å². The van der Waals surface area contributed by atoms with Crippen LogP contribution in [-0.4, -0.2) is 23.8 Å². The number of ether oxygens (including phenoxy) is 2. The van der Waals surface area contributed by atoms with E-state index in [9.17, 15) is 4.79 Å². The van der Waals surface area contributed by atoms with Crippen LogP contribution in [0.3, 0.4) is 0 Å². The first-order chi connectivity index (χ1) is 10.7. The van der Waals surface area contributed by atoms with Crippen molar-refractivity contribution < 1.29 is 19.4 Å². The highest BCUT2D eigenvalue weighted by molar-refractivity contribution is 5.73. The smallest absolute Gasteiger partial charge is 0.344 e. The molecule has 22 heavy (non-hydrogen) atoms. The molecule has 4 nitrogen and oxygen atoms in total. The van der Waals surface area contributed by atoms with E-state index in [0.29, 0.717) is 24.5 Å². The monoisotopic (exact) mass is 298 g/mol. The van der Waals surface area contributed by atoms with E-state index >= 15 is 0 Å². The Labute approximate surface area is 129 Å². The van der Waals surface area contributed by atoms with Crippen LogP contribution >= 0.6 is 0 Å². The summed E-state index contributed by atoms with van der Waals surface area (Å²) >= 11 is 0. The summed E-state index contributed by atoms with van der Waals surface area (Å²) in [5.74, 6) is 0.414. The van der Waals surface area contributed by atoms with Crippen molar-refractivity contribution in [1.82, 2.24) is 0 Å². The van der Waals surface area contributed by atoms with Crippen LogP contribution in [0.25, 0.3) is 0 Å². The molecule has 0 spiro atoms. The second-order valence-electron chi connectivity index (χ2n) is 5.34. The summed E-state index contributed by atoms with van der Waals surface area (Å²) in [5.41, 5.74) is 2.26. The first-order valence-electron chi connectivity index (χ1n) is 7.41. The Bertz CT molecular complexity index is 651. The molecule has 0 bridgehead atoms. The van der Waals surface area contributed by atoms with E-state index in [1.165, 1.54) is 5.56 Å². The number of aliphatic carboxylic acids is 1. The van der Waals surface area contributed by atoms with Crippen molar-refractivity contribution in [2.75, 3.05) is 6.61 Å². The fourth-order valence-corrected chi connectivity index (χ4v) is 2.54. The van der Waals surface area contributed by atoms with Gasteiger partial charge in [-0.3, -0.25) is 0 Å². The largest absolute Gasteiger partial charge is 0.493 e. The lowest BCUT2D eigenvalue weighted by atomic mass is 10.0. The molecule has 0 saturated carbocycles. The molecule has 1 aliphatic rings. The minimum absolute atomic E-state index is 0.510. The lowest BCUT2D eigenvalue weighted by molar-refractivity contribution is -0.145. The quantitative estimate of drug-likeness (QED) is 0.921. The van der Waals surface area contributed by atoms with Crippen molar-refractivity contribution >= 4 is 5.97 Å². The molecule has 0 aromatic heterocycles. The molecule has 4 heteroatoms. The predicted octanol–water partition coefficient (Wildman–Crippen LogP) is 3.09. The van der Waals surface area contributed by atoms with Gasteiger partial charge in [-0.25, -0.2) is 4.79 Å². The van der Waals surface area contributed by atoms with Crippen LogP contribution in [-0.2, 0) is 17.6 Å². The van der Waals surface area contributed by atoms with Gasteiger partial charge in [-0.05, 0) is 30.0 Å². The molecule has 114 valence electrons. The first kappa shape index (κ1) is 14.4. The molecule has 2 aromatic rings. The Morgan fingerprint density at radius 2 is 2.05 bits per heavy atom. The van der Waals surface area contributed by atoms with Gasteiger partial charge in [0.2, 0.25) is 0 Å². The van der Waals surface area contributed by atoms with Crippen LogP contribution in [0.5, 0.6) is 11.5 Å². The van der Waals surface area contributed by atoms with Gasteiger partial charge in [0.25, 0.3) is 0 Å². The first-order valence-corrected chi connectivity index (χ1v) is 7.41. The molecule has 1 heterocycles. The average molecular weight is 298 g/mol. The van der Waals surface area contributed by atoms with E-state index in [0.717, 1.165) is 18.4 Å². The van der Waals surface area contributed by atoms with Gasteiger partial charge in [-0.1, -0.05) is 36.4 Å². The van der Waals surface area contributed by atoms with Crippen LogP contribution < -0.4 is 9.47 Å². The van der Waals surface area contributed by atoms with Gasteiger partial charge in [-0.2, -0.15) is 0 Å². The molecule has 1 aliphatic heterocycles. The van der Waals surface area contributed by atoms with E-state index in [2.05, 4.69) is 12.1 Å². The maximum atomic E-state index is 11.0. The fourth-order valence-electron chi connectivity index (χ4n) is 2.54. The number of hydrogen-bond acceptors (Lipinski definition) is 3. The molecule has 1 N–H and O–H groups in total. The zero-order chi connectivity index (χ0) is 15.4. The van der Waals surface area contributed by atoms with Crippen molar-refractivity contribution in [3.63, 3.8) is 0 Å². The molecule has 2 aromatic carbocycles. The van der Waals surface area contributed by atoms with E-state index in [4.69, 9.17) is 14.6 Å². The summed E-state index contributed by atoms with van der Waals surface area (Å²) in [5, 5.41) is 9.04. The number of carboxylic acid groups (broad SMARTS) is 1. The van der Waals surface area contributed by atoms with Gasteiger partial charge < -0.3 is 14.6 Å². The van der Waals surface area contributed by atoms with Crippen molar-refractivity contribution in [3.8, 4) is 11.5 Å². The molecular weight excluding hydrogens is 280 g/mol. The predicted molar refractivity (Wildman–Crippen MR) is 82.5 cm³/mol.